The van der Waals surface area contributed by atoms with Gasteiger partial charge in [0.05, 0.1) is 15.3 Å². The number of thiophene rings is 1. The summed E-state index contributed by atoms with van der Waals surface area (Å²) < 4.78 is 27.2. The number of nitrogens with one attached hydrogen (secondary N) is 2. The number of aryl methyl sites for hydroxylation is 1. The average Bonchev–Trinajstić information content (AvgIpc) is 2.96. The van der Waals surface area contributed by atoms with Crippen LogP contribution in [0.5, 0.6) is 0 Å². The van der Waals surface area contributed by atoms with E-state index in [0.29, 0.717) is 15.5 Å². The van der Waals surface area contributed by atoms with Gasteiger partial charge in [0.2, 0.25) is 10.0 Å². The molecule has 0 aliphatic carbocycles. The van der Waals surface area contributed by atoms with Crippen molar-refractivity contribution in [3.63, 3.8) is 0 Å². The summed E-state index contributed by atoms with van der Waals surface area (Å²) in [6.45, 7) is 5.35. The second kappa shape index (κ2) is 7.23. The van der Waals surface area contributed by atoms with Crippen LogP contribution in [0.25, 0.3) is 0 Å². The Balaban J connectivity index is 2.33. The van der Waals surface area contributed by atoms with E-state index in [4.69, 9.17) is 11.6 Å². The van der Waals surface area contributed by atoms with E-state index in [1.807, 2.05) is 13.0 Å². The van der Waals surface area contributed by atoms with Crippen LogP contribution in [-0.4, -0.2) is 21.4 Å². The fourth-order valence-corrected chi connectivity index (χ4v) is 4.39. The van der Waals surface area contributed by atoms with E-state index in [0.717, 1.165) is 10.4 Å². The molecule has 0 saturated carbocycles. The van der Waals surface area contributed by atoms with Crippen molar-refractivity contribution in [2.75, 3.05) is 7.05 Å². The van der Waals surface area contributed by atoms with Crippen LogP contribution in [0.15, 0.2) is 29.2 Å². The van der Waals surface area contributed by atoms with E-state index in [-0.39, 0.29) is 16.8 Å². The van der Waals surface area contributed by atoms with Crippen LogP contribution in [0, 0.1) is 13.8 Å². The lowest BCUT2D eigenvalue weighted by atomic mass is 10.1. The molecule has 0 bridgehead atoms. The molecule has 2 aromatic rings. The van der Waals surface area contributed by atoms with Gasteiger partial charge in [-0.15, -0.1) is 11.3 Å². The molecule has 1 amide bonds. The Labute approximate surface area is 151 Å². The van der Waals surface area contributed by atoms with Crippen molar-refractivity contribution in [1.82, 2.24) is 10.0 Å². The number of sulfonamides is 1. The molecule has 1 aromatic carbocycles. The van der Waals surface area contributed by atoms with Gasteiger partial charge in [-0.2, -0.15) is 0 Å². The van der Waals surface area contributed by atoms with Crippen LogP contribution in [-0.2, 0) is 10.0 Å². The SMILES string of the molecule is CNS(=O)(=O)c1cc(C(=O)NC(C)c2ccc(Cl)s2)cc(C)c1C. The Morgan fingerprint density at radius 1 is 1.25 bits per heavy atom. The molecule has 0 aliphatic rings. The quantitative estimate of drug-likeness (QED) is 0.826. The summed E-state index contributed by atoms with van der Waals surface area (Å²) in [6, 6.07) is 6.50. The largest absolute Gasteiger partial charge is 0.345 e. The monoisotopic (exact) mass is 386 g/mol. The maximum Gasteiger partial charge on any atom is 0.251 e. The van der Waals surface area contributed by atoms with Gasteiger partial charge in [0, 0.05) is 10.4 Å². The molecule has 0 fully saturated rings. The van der Waals surface area contributed by atoms with Crippen molar-refractivity contribution in [3.8, 4) is 0 Å². The molecule has 0 radical (unpaired) electrons. The van der Waals surface area contributed by atoms with Gasteiger partial charge >= 0.3 is 0 Å². The first-order chi connectivity index (χ1) is 11.2. The predicted octanol–water partition coefficient (Wildman–Crippen LogP) is 3.42. The van der Waals surface area contributed by atoms with E-state index in [2.05, 4.69) is 10.0 Å². The molecule has 0 spiro atoms. The highest BCUT2D eigenvalue weighted by atomic mass is 35.5. The lowest BCUT2D eigenvalue weighted by Gasteiger charge is -2.15. The predicted molar refractivity (Wildman–Crippen MR) is 97.4 cm³/mol. The molecule has 5 nitrogen and oxygen atoms in total. The average molecular weight is 387 g/mol. The molecule has 0 saturated heterocycles. The molecule has 1 aromatic heterocycles. The standard InChI is InChI=1S/C16H19ClN2O3S2/c1-9-7-12(8-14(10(9)2)24(21,22)18-4)16(20)19-11(3)13-5-6-15(17)23-13/h5-8,11,18H,1-4H3,(H,19,20). The maximum absolute atomic E-state index is 12.5. The highest BCUT2D eigenvalue weighted by molar-refractivity contribution is 7.89. The smallest absolute Gasteiger partial charge is 0.251 e. The topological polar surface area (TPSA) is 75.3 Å². The highest BCUT2D eigenvalue weighted by Gasteiger charge is 2.20. The molecule has 1 atom stereocenters. The molecule has 2 rings (SSSR count). The second-order valence-electron chi connectivity index (χ2n) is 5.46. The number of amides is 1. The van der Waals surface area contributed by atoms with Crippen LogP contribution in [0.2, 0.25) is 4.34 Å². The van der Waals surface area contributed by atoms with Crippen molar-refractivity contribution < 1.29 is 13.2 Å². The molecular weight excluding hydrogens is 368 g/mol. The van der Waals surface area contributed by atoms with Crippen LogP contribution >= 0.6 is 22.9 Å². The third-order valence-corrected chi connectivity index (χ3v) is 6.76. The van der Waals surface area contributed by atoms with Gasteiger partial charge in [-0.1, -0.05) is 11.6 Å². The van der Waals surface area contributed by atoms with Gasteiger partial charge in [-0.3, -0.25) is 4.79 Å². The third kappa shape index (κ3) is 3.97. The number of carbonyl (C=O) groups is 1. The number of halogens is 1. The molecular formula is C16H19ClN2O3S2. The van der Waals surface area contributed by atoms with Crippen LogP contribution in [0.1, 0.15) is 39.3 Å². The molecule has 0 aliphatic heterocycles. The Morgan fingerprint density at radius 2 is 1.92 bits per heavy atom. The minimum Gasteiger partial charge on any atom is -0.345 e. The maximum atomic E-state index is 12.5. The number of benzene rings is 1. The minimum atomic E-state index is -3.63. The van der Waals surface area contributed by atoms with Crippen molar-refractivity contribution in [3.05, 3.63) is 50.2 Å². The van der Waals surface area contributed by atoms with Gasteiger partial charge < -0.3 is 5.32 Å². The van der Waals surface area contributed by atoms with E-state index < -0.39 is 10.0 Å². The Bertz CT molecular complexity index is 875. The van der Waals surface area contributed by atoms with E-state index in [9.17, 15) is 13.2 Å². The fraction of sp³-hybridized carbons (Fsp3) is 0.312. The summed E-state index contributed by atoms with van der Waals surface area (Å²) in [5, 5.41) is 2.87. The van der Waals surface area contributed by atoms with Crippen LogP contribution in [0.3, 0.4) is 0 Å². The summed E-state index contributed by atoms with van der Waals surface area (Å²) >= 11 is 7.31. The third-order valence-electron chi connectivity index (χ3n) is 3.81. The van der Waals surface area contributed by atoms with E-state index >= 15 is 0 Å². The molecule has 2 N–H and O–H groups in total. The lowest BCUT2D eigenvalue weighted by Crippen LogP contribution is -2.27. The number of carbonyl (C=O) groups excluding carboxylic acids is 1. The molecule has 8 heteroatoms. The van der Waals surface area contributed by atoms with Gasteiger partial charge in [0.1, 0.15) is 0 Å². The molecule has 1 heterocycles. The normalized spacial score (nSPS) is 12.9. The highest BCUT2D eigenvalue weighted by Crippen LogP contribution is 2.27. The summed E-state index contributed by atoms with van der Waals surface area (Å²) in [7, 11) is -2.28. The van der Waals surface area contributed by atoms with Gasteiger partial charge in [0.15, 0.2) is 0 Å². The Hall–Kier alpha value is -1.41. The number of rotatable bonds is 5. The van der Waals surface area contributed by atoms with Crippen molar-refractivity contribution in [1.29, 1.82) is 0 Å². The summed E-state index contributed by atoms with van der Waals surface area (Å²) in [4.78, 5) is 13.6. The van der Waals surface area contributed by atoms with E-state index in [1.54, 1.807) is 26.0 Å². The number of hydrogen-bond acceptors (Lipinski definition) is 4. The van der Waals surface area contributed by atoms with Gasteiger partial charge in [-0.05, 0) is 63.2 Å². The molecule has 1 unspecified atom stereocenters. The van der Waals surface area contributed by atoms with Crippen molar-refractivity contribution in [2.24, 2.45) is 0 Å². The summed E-state index contributed by atoms with van der Waals surface area (Å²) in [6.07, 6.45) is 0. The van der Waals surface area contributed by atoms with Crippen molar-refractivity contribution in [2.45, 2.75) is 31.7 Å². The van der Waals surface area contributed by atoms with Gasteiger partial charge in [0.25, 0.3) is 5.91 Å². The first kappa shape index (κ1) is 18.9. The minimum absolute atomic E-state index is 0.113. The summed E-state index contributed by atoms with van der Waals surface area (Å²) in [5.41, 5.74) is 1.67. The second-order valence-corrected chi connectivity index (χ2v) is 9.06. The molecule has 24 heavy (non-hydrogen) atoms. The first-order valence-electron chi connectivity index (χ1n) is 7.26. The zero-order valence-electron chi connectivity index (χ0n) is 13.8. The molecule has 130 valence electrons. The van der Waals surface area contributed by atoms with E-state index in [1.165, 1.54) is 24.5 Å². The zero-order chi connectivity index (χ0) is 18.1. The Kier molecular flexibility index (Phi) is 5.70. The summed E-state index contributed by atoms with van der Waals surface area (Å²) in [5.74, 6) is -0.331. The number of hydrogen-bond donors (Lipinski definition) is 2. The zero-order valence-corrected chi connectivity index (χ0v) is 16.2. The van der Waals surface area contributed by atoms with Gasteiger partial charge in [-0.25, -0.2) is 13.1 Å². The fourth-order valence-electron chi connectivity index (χ4n) is 2.26. The Morgan fingerprint density at radius 3 is 2.46 bits per heavy atom. The van der Waals surface area contributed by atoms with Crippen LogP contribution in [0.4, 0.5) is 0 Å². The van der Waals surface area contributed by atoms with Crippen LogP contribution < -0.4 is 10.0 Å². The first-order valence-corrected chi connectivity index (χ1v) is 9.94. The van der Waals surface area contributed by atoms with Crippen molar-refractivity contribution >= 4 is 38.9 Å². The lowest BCUT2D eigenvalue weighted by molar-refractivity contribution is 0.0940.